The second kappa shape index (κ2) is 13.1. The van der Waals surface area contributed by atoms with Gasteiger partial charge in [0.2, 0.25) is 5.91 Å². The number of methoxy groups -OCH3 is 1. The fourth-order valence-corrected chi connectivity index (χ4v) is 3.55. The molecule has 174 valence electrons. The van der Waals surface area contributed by atoms with Gasteiger partial charge in [0, 0.05) is 39.2 Å². The van der Waals surface area contributed by atoms with E-state index >= 15 is 0 Å². The van der Waals surface area contributed by atoms with Gasteiger partial charge in [-0.05, 0) is 36.6 Å². The molecule has 1 amide bonds. The molecule has 1 fully saturated rings. The normalized spacial score (nSPS) is 14.5. The van der Waals surface area contributed by atoms with Crippen molar-refractivity contribution in [1.82, 2.24) is 15.5 Å². The van der Waals surface area contributed by atoms with Crippen LogP contribution >= 0.6 is 24.0 Å². The number of hydrogen-bond donors (Lipinski definition) is 2. The van der Waals surface area contributed by atoms with Crippen molar-refractivity contribution < 1.29 is 14.3 Å². The Morgan fingerprint density at radius 1 is 1.12 bits per heavy atom. The molecule has 3 rings (SSSR count). The molecule has 1 atom stereocenters. The third-order valence-corrected chi connectivity index (χ3v) is 5.26. The number of halogens is 1. The van der Waals surface area contributed by atoms with Gasteiger partial charge in [0.1, 0.15) is 17.6 Å². The summed E-state index contributed by atoms with van der Waals surface area (Å²) in [4.78, 5) is 18.2. The number of carbonyl (C=O) groups excluding carboxylic acids is 1. The molecule has 1 saturated heterocycles. The molecule has 1 aliphatic rings. The minimum absolute atomic E-state index is 0. The van der Waals surface area contributed by atoms with Gasteiger partial charge in [-0.1, -0.05) is 30.3 Å². The SMILES string of the molecule is CN=C(NCc1ccccc1CN1CCCC1=O)NCC(C)Oc1cccc(OC)c1.I. The Morgan fingerprint density at radius 3 is 2.56 bits per heavy atom. The molecule has 0 aliphatic carbocycles. The first-order valence-corrected chi connectivity index (χ1v) is 10.7. The number of benzene rings is 2. The molecular weight excluding hydrogens is 519 g/mol. The highest BCUT2D eigenvalue weighted by molar-refractivity contribution is 14.0. The van der Waals surface area contributed by atoms with E-state index in [9.17, 15) is 4.79 Å². The molecule has 0 saturated carbocycles. The van der Waals surface area contributed by atoms with E-state index in [1.807, 2.05) is 48.2 Å². The van der Waals surface area contributed by atoms with Crippen LogP contribution in [0.2, 0.25) is 0 Å². The minimum atomic E-state index is -0.0564. The summed E-state index contributed by atoms with van der Waals surface area (Å²) in [5.41, 5.74) is 2.32. The molecule has 2 aromatic carbocycles. The maximum atomic E-state index is 12.0. The summed E-state index contributed by atoms with van der Waals surface area (Å²) in [7, 11) is 3.39. The number of carbonyl (C=O) groups is 1. The fourth-order valence-electron chi connectivity index (χ4n) is 3.55. The van der Waals surface area contributed by atoms with Crippen LogP contribution in [0.3, 0.4) is 0 Å². The molecule has 7 nitrogen and oxygen atoms in total. The quantitative estimate of drug-likeness (QED) is 0.283. The lowest BCUT2D eigenvalue weighted by Crippen LogP contribution is -2.41. The van der Waals surface area contributed by atoms with E-state index in [0.29, 0.717) is 32.0 Å². The number of nitrogens with one attached hydrogen (secondary N) is 2. The van der Waals surface area contributed by atoms with E-state index in [0.717, 1.165) is 35.6 Å². The predicted molar refractivity (Wildman–Crippen MR) is 138 cm³/mol. The van der Waals surface area contributed by atoms with Gasteiger partial charge in [0.25, 0.3) is 0 Å². The van der Waals surface area contributed by atoms with Gasteiger partial charge in [-0.2, -0.15) is 0 Å². The van der Waals surface area contributed by atoms with Crippen LogP contribution in [0.15, 0.2) is 53.5 Å². The van der Waals surface area contributed by atoms with E-state index in [-0.39, 0.29) is 36.0 Å². The first-order chi connectivity index (χ1) is 15.1. The number of hydrogen-bond acceptors (Lipinski definition) is 4. The third kappa shape index (κ3) is 7.58. The lowest BCUT2D eigenvalue weighted by molar-refractivity contribution is -0.128. The highest BCUT2D eigenvalue weighted by Gasteiger charge is 2.20. The van der Waals surface area contributed by atoms with Gasteiger partial charge in [-0.3, -0.25) is 9.79 Å². The molecule has 2 N–H and O–H groups in total. The molecule has 0 spiro atoms. The van der Waals surface area contributed by atoms with Gasteiger partial charge in [-0.15, -0.1) is 24.0 Å². The molecule has 32 heavy (non-hydrogen) atoms. The summed E-state index contributed by atoms with van der Waals surface area (Å²) in [6.07, 6.45) is 1.55. The van der Waals surface area contributed by atoms with Gasteiger partial charge in [-0.25, -0.2) is 0 Å². The number of nitrogens with zero attached hydrogens (tertiary/aromatic N) is 2. The van der Waals surface area contributed by atoms with Gasteiger partial charge in [0.05, 0.1) is 13.7 Å². The zero-order valence-corrected chi connectivity index (χ0v) is 21.3. The molecule has 0 bridgehead atoms. The van der Waals surface area contributed by atoms with E-state index in [2.05, 4.69) is 27.8 Å². The van der Waals surface area contributed by atoms with Gasteiger partial charge < -0.3 is 25.0 Å². The molecule has 1 unspecified atom stereocenters. The van der Waals surface area contributed by atoms with Crippen LogP contribution in [0.4, 0.5) is 0 Å². The second-order valence-electron chi connectivity index (χ2n) is 7.60. The second-order valence-corrected chi connectivity index (χ2v) is 7.60. The molecule has 0 aromatic heterocycles. The Bertz CT molecular complexity index is 906. The summed E-state index contributed by atoms with van der Waals surface area (Å²) in [5.74, 6) is 2.48. The van der Waals surface area contributed by atoms with Crippen molar-refractivity contribution in [2.75, 3.05) is 27.2 Å². The van der Waals surface area contributed by atoms with Crippen LogP contribution in [0.5, 0.6) is 11.5 Å². The van der Waals surface area contributed by atoms with Crippen LogP contribution < -0.4 is 20.1 Å². The highest BCUT2D eigenvalue weighted by Crippen LogP contribution is 2.20. The van der Waals surface area contributed by atoms with Crippen molar-refractivity contribution >= 4 is 35.8 Å². The minimum Gasteiger partial charge on any atom is -0.497 e. The summed E-state index contributed by atoms with van der Waals surface area (Å²) in [6, 6.07) is 15.8. The topological polar surface area (TPSA) is 75.2 Å². The molecule has 2 aromatic rings. The number of rotatable bonds is 9. The Balaban J connectivity index is 0.00000363. The summed E-state index contributed by atoms with van der Waals surface area (Å²) in [6.45, 7) is 4.73. The van der Waals surface area contributed by atoms with E-state index in [1.54, 1.807) is 14.2 Å². The van der Waals surface area contributed by atoms with Crippen LogP contribution in [-0.4, -0.2) is 50.1 Å². The van der Waals surface area contributed by atoms with Gasteiger partial charge >= 0.3 is 0 Å². The lowest BCUT2D eigenvalue weighted by atomic mass is 10.1. The summed E-state index contributed by atoms with van der Waals surface area (Å²) in [5, 5.41) is 6.67. The Kier molecular flexibility index (Phi) is 10.6. The number of amides is 1. The van der Waals surface area contributed by atoms with Crippen LogP contribution in [-0.2, 0) is 17.9 Å². The smallest absolute Gasteiger partial charge is 0.222 e. The van der Waals surface area contributed by atoms with Crippen molar-refractivity contribution in [3.05, 3.63) is 59.7 Å². The average Bonchev–Trinajstić information content (AvgIpc) is 3.19. The molecule has 0 radical (unpaired) electrons. The van der Waals surface area contributed by atoms with Crippen LogP contribution in [0.25, 0.3) is 0 Å². The Hall–Kier alpha value is -2.49. The molecule has 1 aliphatic heterocycles. The zero-order chi connectivity index (χ0) is 22.1. The predicted octanol–water partition coefficient (Wildman–Crippen LogP) is 3.57. The highest BCUT2D eigenvalue weighted by atomic mass is 127. The fraction of sp³-hybridized carbons (Fsp3) is 0.417. The maximum Gasteiger partial charge on any atom is 0.222 e. The number of ether oxygens (including phenoxy) is 2. The van der Waals surface area contributed by atoms with Crippen molar-refractivity contribution in [3.8, 4) is 11.5 Å². The van der Waals surface area contributed by atoms with Crippen molar-refractivity contribution in [2.45, 2.75) is 39.0 Å². The zero-order valence-electron chi connectivity index (χ0n) is 19.0. The third-order valence-electron chi connectivity index (χ3n) is 5.26. The lowest BCUT2D eigenvalue weighted by Gasteiger charge is -2.20. The largest absolute Gasteiger partial charge is 0.497 e. The van der Waals surface area contributed by atoms with E-state index < -0.39 is 0 Å². The first kappa shape index (κ1) is 25.8. The van der Waals surface area contributed by atoms with Gasteiger partial charge in [0.15, 0.2) is 5.96 Å². The number of guanidine groups is 1. The molecule has 8 heteroatoms. The van der Waals surface area contributed by atoms with E-state index in [1.165, 1.54) is 0 Å². The van der Waals surface area contributed by atoms with Crippen LogP contribution in [0.1, 0.15) is 30.9 Å². The molecular formula is C24H33IN4O3. The van der Waals surface area contributed by atoms with Crippen LogP contribution in [0, 0.1) is 0 Å². The van der Waals surface area contributed by atoms with Crippen molar-refractivity contribution in [1.29, 1.82) is 0 Å². The maximum absolute atomic E-state index is 12.0. The number of likely N-dealkylation sites (tertiary alicyclic amines) is 1. The van der Waals surface area contributed by atoms with E-state index in [4.69, 9.17) is 9.47 Å². The van der Waals surface area contributed by atoms with Crippen molar-refractivity contribution in [3.63, 3.8) is 0 Å². The summed E-state index contributed by atoms with van der Waals surface area (Å²) < 4.78 is 11.2. The molecule has 1 heterocycles. The average molecular weight is 552 g/mol. The van der Waals surface area contributed by atoms with Crippen molar-refractivity contribution in [2.24, 2.45) is 4.99 Å². The first-order valence-electron chi connectivity index (χ1n) is 10.7. The number of aliphatic imine (C=N–C) groups is 1. The standard InChI is InChI=1S/C24H32N4O3.HI/c1-18(31-22-11-6-10-21(14-22)30-3)15-26-24(25-2)27-16-19-8-4-5-9-20(19)17-28-13-7-12-23(28)29;/h4-6,8-11,14,18H,7,12-13,15-17H2,1-3H3,(H2,25,26,27);1H. The monoisotopic (exact) mass is 552 g/mol. The Morgan fingerprint density at radius 2 is 1.88 bits per heavy atom. The Labute approximate surface area is 207 Å². The summed E-state index contributed by atoms with van der Waals surface area (Å²) >= 11 is 0.